The van der Waals surface area contributed by atoms with Gasteiger partial charge in [0.05, 0.1) is 12.8 Å². The molecule has 0 unspecified atom stereocenters. The van der Waals surface area contributed by atoms with Crippen LogP contribution in [-0.4, -0.2) is 17.1 Å². The number of halogens is 1. The SMILES string of the molecule is CCc1ccc(OC)c(-c2ccnc(Br)n2)c1. The zero-order chi connectivity index (χ0) is 12.3. The van der Waals surface area contributed by atoms with E-state index < -0.39 is 0 Å². The molecule has 17 heavy (non-hydrogen) atoms. The van der Waals surface area contributed by atoms with Gasteiger partial charge in [0, 0.05) is 11.8 Å². The molecule has 0 bridgehead atoms. The van der Waals surface area contributed by atoms with Crippen LogP contribution >= 0.6 is 15.9 Å². The van der Waals surface area contributed by atoms with E-state index in [9.17, 15) is 0 Å². The van der Waals surface area contributed by atoms with E-state index in [2.05, 4.69) is 45.0 Å². The summed E-state index contributed by atoms with van der Waals surface area (Å²) in [6, 6.07) is 8.03. The second-order valence-electron chi connectivity index (χ2n) is 3.60. The molecule has 2 aromatic rings. The maximum atomic E-state index is 5.36. The lowest BCUT2D eigenvalue weighted by molar-refractivity contribution is 0.416. The van der Waals surface area contributed by atoms with Gasteiger partial charge in [-0.3, -0.25) is 0 Å². The van der Waals surface area contributed by atoms with Crippen LogP contribution in [-0.2, 0) is 6.42 Å². The number of methoxy groups -OCH3 is 1. The predicted molar refractivity (Wildman–Crippen MR) is 71.1 cm³/mol. The van der Waals surface area contributed by atoms with Crippen LogP contribution < -0.4 is 4.74 Å². The Kier molecular flexibility index (Phi) is 3.74. The first-order chi connectivity index (χ1) is 8.24. The molecule has 3 nitrogen and oxygen atoms in total. The molecule has 1 heterocycles. The average molecular weight is 293 g/mol. The van der Waals surface area contributed by atoms with Crippen LogP contribution in [0.4, 0.5) is 0 Å². The van der Waals surface area contributed by atoms with Crippen LogP contribution in [0.25, 0.3) is 11.3 Å². The number of ether oxygens (including phenoxy) is 1. The van der Waals surface area contributed by atoms with Gasteiger partial charge in [0.25, 0.3) is 0 Å². The van der Waals surface area contributed by atoms with E-state index in [1.165, 1.54) is 5.56 Å². The van der Waals surface area contributed by atoms with Crippen molar-refractivity contribution in [2.24, 2.45) is 0 Å². The molecule has 0 aliphatic rings. The van der Waals surface area contributed by atoms with Gasteiger partial charge in [0.15, 0.2) is 4.73 Å². The minimum absolute atomic E-state index is 0.582. The van der Waals surface area contributed by atoms with E-state index in [0.717, 1.165) is 23.4 Å². The van der Waals surface area contributed by atoms with Gasteiger partial charge in [-0.1, -0.05) is 13.0 Å². The summed E-state index contributed by atoms with van der Waals surface area (Å²) < 4.78 is 5.95. The van der Waals surface area contributed by atoms with Gasteiger partial charge in [-0.25, -0.2) is 9.97 Å². The van der Waals surface area contributed by atoms with Crippen molar-refractivity contribution in [3.05, 3.63) is 40.8 Å². The Labute approximate surface area is 109 Å². The van der Waals surface area contributed by atoms with Crippen molar-refractivity contribution in [1.82, 2.24) is 9.97 Å². The molecule has 0 aliphatic heterocycles. The van der Waals surface area contributed by atoms with E-state index in [0.29, 0.717) is 4.73 Å². The first-order valence-electron chi connectivity index (χ1n) is 5.40. The second-order valence-corrected chi connectivity index (χ2v) is 4.31. The first kappa shape index (κ1) is 12.0. The van der Waals surface area contributed by atoms with Crippen LogP contribution in [0.1, 0.15) is 12.5 Å². The summed E-state index contributed by atoms with van der Waals surface area (Å²) in [6.45, 7) is 2.13. The number of aryl methyl sites for hydroxylation is 1. The molecule has 4 heteroatoms. The summed E-state index contributed by atoms with van der Waals surface area (Å²) in [4.78, 5) is 8.38. The highest BCUT2D eigenvalue weighted by atomic mass is 79.9. The van der Waals surface area contributed by atoms with E-state index in [4.69, 9.17) is 4.74 Å². The quantitative estimate of drug-likeness (QED) is 0.813. The maximum Gasteiger partial charge on any atom is 0.197 e. The molecule has 0 amide bonds. The van der Waals surface area contributed by atoms with Crippen LogP contribution in [0, 0.1) is 0 Å². The van der Waals surface area contributed by atoms with Gasteiger partial charge >= 0.3 is 0 Å². The third-order valence-electron chi connectivity index (χ3n) is 2.57. The summed E-state index contributed by atoms with van der Waals surface area (Å²) in [7, 11) is 1.67. The van der Waals surface area contributed by atoms with Crippen molar-refractivity contribution in [3.8, 4) is 17.0 Å². The molecule has 0 atom stereocenters. The monoisotopic (exact) mass is 292 g/mol. The number of benzene rings is 1. The van der Waals surface area contributed by atoms with Gasteiger partial charge in [-0.05, 0) is 46.1 Å². The van der Waals surface area contributed by atoms with Crippen LogP contribution in [0.15, 0.2) is 35.2 Å². The zero-order valence-corrected chi connectivity index (χ0v) is 11.4. The average Bonchev–Trinajstić information content (AvgIpc) is 2.38. The molecule has 88 valence electrons. The molecule has 0 spiro atoms. The summed E-state index contributed by atoms with van der Waals surface area (Å²) in [5.41, 5.74) is 3.12. The predicted octanol–water partition coefficient (Wildman–Crippen LogP) is 3.48. The standard InChI is InChI=1S/C13H13BrN2O/c1-3-9-4-5-12(17-2)10(8-9)11-6-7-15-13(14)16-11/h4-8H,3H2,1-2H3. The lowest BCUT2D eigenvalue weighted by atomic mass is 10.1. The smallest absolute Gasteiger partial charge is 0.197 e. The fraction of sp³-hybridized carbons (Fsp3) is 0.231. The fourth-order valence-corrected chi connectivity index (χ4v) is 1.97. The molecular formula is C13H13BrN2O. The number of nitrogens with zero attached hydrogens (tertiary/aromatic N) is 2. The van der Waals surface area contributed by atoms with Crippen molar-refractivity contribution in [1.29, 1.82) is 0 Å². The van der Waals surface area contributed by atoms with Crippen molar-refractivity contribution in [2.45, 2.75) is 13.3 Å². The third-order valence-corrected chi connectivity index (χ3v) is 2.96. The molecule has 0 saturated heterocycles. The summed E-state index contributed by atoms with van der Waals surface area (Å²) in [6.07, 6.45) is 2.72. The van der Waals surface area contributed by atoms with Crippen molar-refractivity contribution in [3.63, 3.8) is 0 Å². The molecule has 0 saturated carbocycles. The molecule has 0 N–H and O–H groups in total. The van der Waals surface area contributed by atoms with E-state index in [1.54, 1.807) is 13.3 Å². The Morgan fingerprint density at radius 3 is 2.76 bits per heavy atom. The zero-order valence-electron chi connectivity index (χ0n) is 9.77. The molecule has 0 radical (unpaired) electrons. The lowest BCUT2D eigenvalue weighted by Crippen LogP contribution is -1.93. The minimum atomic E-state index is 0.582. The Hall–Kier alpha value is -1.42. The highest BCUT2D eigenvalue weighted by Gasteiger charge is 2.08. The van der Waals surface area contributed by atoms with Gasteiger partial charge in [0.2, 0.25) is 0 Å². The van der Waals surface area contributed by atoms with Crippen molar-refractivity contribution in [2.75, 3.05) is 7.11 Å². The Morgan fingerprint density at radius 2 is 2.12 bits per heavy atom. The number of hydrogen-bond acceptors (Lipinski definition) is 3. The van der Waals surface area contributed by atoms with Crippen molar-refractivity contribution >= 4 is 15.9 Å². The molecule has 2 rings (SSSR count). The fourth-order valence-electron chi connectivity index (χ4n) is 1.66. The Balaban J connectivity index is 2.56. The Bertz CT molecular complexity index is 529. The summed E-state index contributed by atoms with van der Waals surface area (Å²) >= 11 is 3.28. The number of hydrogen-bond donors (Lipinski definition) is 0. The molecule has 1 aromatic heterocycles. The normalized spacial score (nSPS) is 10.3. The van der Waals surface area contributed by atoms with Crippen LogP contribution in [0.2, 0.25) is 0 Å². The third kappa shape index (κ3) is 2.64. The number of aromatic nitrogens is 2. The van der Waals surface area contributed by atoms with Crippen molar-refractivity contribution < 1.29 is 4.74 Å². The maximum absolute atomic E-state index is 5.36. The van der Waals surface area contributed by atoms with E-state index in [-0.39, 0.29) is 0 Å². The van der Waals surface area contributed by atoms with Gasteiger partial charge in [0.1, 0.15) is 5.75 Å². The van der Waals surface area contributed by atoms with Crippen LogP contribution in [0.5, 0.6) is 5.75 Å². The van der Waals surface area contributed by atoms with Gasteiger partial charge in [-0.2, -0.15) is 0 Å². The topological polar surface area (TPSA) is 35.0 Å². The number of rotatable bonds is 3. The van der Waals surface area contributed by atoms with Gasteiger partial charge < -0.3 is 4.74 Å². The van der Waals surface area contributed by atoms with E-state index in [1.807, 2.05) is 12.1 Å². The van der Waals surface area contributed by atoms with E-state index >= 15 is 0 Å². The lowest BCUT2D eigenvalue weighted by Gasteiger charge is -2.09. The van der Waals surface area contributed by atoms with Gasteiger partial charge in [-0.15, -0.1) is 0 Å². The first-order valence-corrected chi connectivity index (χ1v) is 6.19. The Morgan fingerprint density at radius 1 is 1.29 bits per heavy atom. The minimum Gasteiger partial charge on any atom is -0.496 e. The summed E-state index contributed by atoms with van der Waals surface area (Å²) in [5, 5.41) is 0. The highest BCUT2D eigenvalue weighted by Crippen LogP contribution is 2.30. The van der Waals surface area contributed by atoms with Crippen LogP contribution in [0.3, 0.4) is 0 Å². The molecular weight excluding hydrogens is 280 g/mol. The molecule has 0 fully saturated rings. The second kappa shape index (κ2) is 5.27. The molecule has 1 aromatic carbocycles. The summed E-state index contributed by atoms with van der Waals surface area (Å²) in [5.74, 6) is 0.827. The largest absolute Gasteiger partial charge is 0.496 e. The molecule has 0 aliphatic carbocycles. The highest BCUT2D eigenvalue weighted by molar-refractivity contribution is 9.10.